The van der Waals surface area contributed by atoms with Crippen molar-refractivity contribution >= 4 is 28.6 Å². The average molecular weight is 309 g/mol. The third-order valence-electron chi connectivity index (χ3n) is 1.93. The highest BCUT2D eigenvalue weighted by atomic mass is 127. The predicted octanol–water partition coefficient (Wildman–Crippen LogP) is 1.82. The molecular weight excluding hydrogens is 300 g/mol. The molecule has 0 aliphatic carbocycles. The minimum Gasteiger partial charge on any atom is -0.480 e. The molecule has 0 bridgehead atoms. The second-order valence-electron chi connectivity index (χ2n) is 2.93. The molecule has 1 aromatic rings. The van der Waals surface area contributed by atoms with Crippen molar-refractivity contribution < 1.29 is 14.3 Å². The van der Waals surface area contributed by atoms with Gasteiger partial charge in [-0.15, -0.1) is 0 Å². The lowest BCUT2D eigenvalue weighted by Crippen LogP contribution is -2.21. The van der Waals surface area contributed by atoms with E-state index in [4.69, 9.17) is 10.8 Å². The third-order valence-corrected chi connectivity index (χ3v) is 3.05. The highest BCUT2D eigenvalue weighted by Gasteiger charge is 2.16. The van der Waals surface area contributed by atoms with E-state index in [0.29, 0.717) is 9.13 Å². The Kier molecular flexibility index (Phi) is 3.43. The maximum atomic E-state index is 13.2. The lowest BCUT2D eigenvalue weighted by Gasteiger charge is -2.09. The summed E-state index contributed by atoms with van der Waals surface area (Å²) in [5.41, 5.74) is 6.14. The quantitative estimate of drug-likeness (QED) is 0.819. The average Bonchev–Trinajstić information content (AvgIpc) is 2.12. The summed E-state index contributed by atoms with van der Waals surface area (Å²) in [6.07, 6.45) is 0. The van der Waals surface area contributed by atoms with Crippen molar-refractivity contribution in [2.45, 2.75) is 13.0 Å². The van der Waals surface area contributed by atoms with E-state index in [1.165, 1.54) is 0 Å². The van der Waals surface area contributed by atoms with E-state index in [9.17, 15) is 9.18 Å². The van der Waals surface area contributed by atoms with Crippen molar-refractivity contribution in [1.82, 2.24) is 0 Å². The number of hydrogen-bond acceptors (Lipinski definition) is 2. The molecule has 0 radical (unpaired) electrons. The molecule has 0 saturated carbocycles. The van der Waals surface area contributed by atoms with Crippen LogP contribution in [-0.2, 0) is 4.79 Å². The molecule has 0 aliphatic heterocycles. The summed E-state index contributed by atoms with van der Waals surface area (Å²) < 4.78 is 13.9. The molecule has 5 heteroatoms. The fourth-order valence-corrected chi connectivity index (χ4v) is 1.60. The number of carboxylic acids is 1. The van der Waals surface area contributed by atoms with Gasteiger partial charge < -0.3 is 10.8 Å². The van der Waals surface area contributed by atoms with Crippen LogP contribution in [0.4, 0.5) is 4.39 Å². The van der Waals surface area contributed by atoms with Crippen LogP contribution < -0.4 is 5.73 Å². The summed E-state index contributed by atoms with van der Waals surface area (Å²) in [6.45, 7) is 1.63. The van der Waals surface area contributed by atoms with Gasteiger partial charge in [0.05, 0.1) is 0 Å². The topological polar surface area (TPSA) is 63.3 Å². The second-order valence-corrected chi connectivity index (χ2v) is 4.09. The maximum absolute atomic E-state index is 13.2. The zero-order chi connectivity index (χ0) is 10.9. The van der Waals surface area contributed by atoms with Crippen LogP contribution in [0.2, 0.25) is 0 Å². The maximum Gasteiger partial charge on any atom is 0.325 e. The number of aliphatic carboxylic acids is 1. The molecule has 0 spiro atoms. The summed E-state index contributed by atoms with van der Waals surface area (Å²) in [7, 11) is 0. The second kappa shape index (κ2) is 4.22. The fraction of sp³-hybridized carbons (Fsp3) is 0.222. The van der Waals surface area contributed by atoms with Crippen LogP contribution in [0.1, 0.15) is 17.2 Å². The van der Waals surface area contributed by atoms with Gasteiger partial charge in [-0.3, -0.25) is 4.79 Å². The van der Waals surface area contributed by atoms with Crippen molar-refractivity contribution in [1.29, 1.82) is 0 Å². The molecule has 3 nitrogen and oxygen atoms in total. The van der Waals surface area contributed by atoms with Crippen molar-refractivity contribution in [3.63, 3.8) is 0 Å². The van der Waals surface area contributed by atoms with Gasteiger partial charge >= 0.3 is 5.97 Å². The first-order chi connectivity index (χ1) is 6.43. The molecule has 1 rings (SSSR count). The Labute approximate surface area is 94.2 Å². The zero-order valence-corrected chi connectivity index (χ0v) is 9.58. The molecule has 1 aromatic carbocycles. The molecule has 0 aromatic heterocycles. The van der Waals surface area contributed by atoms with Crippen LogP contribution in [0.5, 0.6) is 0 Å². The number of benzene rings is 1. The van der Waals surface area contributed by atoms with Crippen molar-refractivity contribution in [2.24, 2.45) is 5.73 Å². The molecule has 0 unspecified atom stereocenters. The number of carboxylic acid groups (broad SMARTS) is 1. The van der Waals surface area contributed by atoms with Crippen LogP contribution in [-0.4, -0.2) is 11.1 Å². The minimum atomic E-state index is -1.17. The molecule has 0 amide bonds. The van der Waals surface area contributed by atoms with Gasteiger partial charge in [0.2, 0.25) is 0 Å². The van der Waals surface area contributed by atoms with E-state index in [-0.39, 0.29) is 5.56 Å². The number of carbonyl (C=O) groups is 1. The Morgan fingerprint density at radius 2 is 2.21 bits per heavy atom. The first-order valence-corrected chi connectivity index (χ1v) is 4.95. The highest BCUT2D eigenvalue weighted by Crippen LogP contribution is 2.21. The van der Waals surface area contributed by atoms with Crippen LogP contribution >= 0.6 is 22.6 Å². The van der Waals surface area contributed by atoms with Gasteiger partial charge in [-0.25, -0.2) is 4.39 Å². The van der Waals surface area contributed by atoms with Crippen molar-refractivity contribution in [3.05, 3.63) is 32.6 Å². The standard InChI is InChI=1S/C9H9FINO2/c1-4-6(10)2-5(3-7(4)11)8(12)9(13)14/h2-3,8H,12H2,1H3,(H,13,14)/t8-/m1/s1. The molecule has 3 N–H and O–H groups in total. The summed E-state index contributed by atoms with van der Waals surface area (Å²) in [5.74, 6) is -1.59. The first-order valence-electron chi connectivity index (χ1n) is 3.87. The van der Waals surface area contributed by atoms with Gasteiger partial charge in [0, 0.05) is 3.57 Å². The van der Waals surface area contributed by atoms with Gasteiger partial charge in [-0.1, -0.05) is 0 Å². The molecule has 1 atom stereocenters. The minimum absolute atomic E-state index is 0.282. The van der Waals surface area contributed by atoms with Crippen LogP contribution in [0.25, 0.3) is 0 Å². The molecular formula is C9H9FINO2. The molecule has 0 fully saturated rings. The molecule has 14 heavy (non-hydrogen) atoms. The van der Waals surface area contributed by atoms with Gasteiger partial charge in [-0.2, -0.15) is 0 Å². The van der Waals surface area contributed by atoms with Gasteiger partial charge in [0.1, 0.15) is 11.9 Å². The van der Waals surface area contributed by atoms with E-state index >= 15 is 0 Å². The van der Waals surface area contributed by atoms with Crippen LogP contribution in [0, 0.1) is 16.3 Å². The van der Waals surface area contributed by atoms with Crippen molar-refractivity contribution in [3.8, 4) is 0 Å². The first kappa shape index (κ1) is 11.4. The highest BCUT2D eigenvalue weighted by molar-refractivity contribution is 14.1. The normalized spacial score (nSPS) is 12.6. The Morgan fingerprint density at radius 3 is 2.64 bits per heavy atom. The number of rotatable bonds is 2. The molecule has 0 saturated heterocycles. The predicted molar refractivity (Wildman–Crippen MR) is 58.4 cm³/mol. The summed E-state index contributed by atoms with van der Waals surface area (Å²) in [4.78, 5) is 10.6. The largest absolute Gasteiger partial charge is 0.480 e. The van der Waals surface area contributed by atoms with Crippen LogP contribution in [0.3, 0.4) is 0 Å². The van der Waals surface area contributed by atoms with E-state index in [1.54, 1.807) is 13.0 Å². The summed E-state index contributed by atoms with van der Waals surface area (Å²) in [5, 5.41) is 8.64. The van der Waals surface area contributed by atoms with E-state index < -0.39 is 17.8 Å². The van der Waals surface area contributed by atoms with Gasteiger partial charge in [-0.05, 0) is 52.8 Å². The van der Waals surface area contributed by atoms with E-state index in [1.807, 2.05) is 22.6 Å². The van der Waals surface area contributed by atoms with Gasteiger partial charge in [0.15, 0.2) is 0 Å². The third kappa shape index (κ3) is 2.21. The Bertz CT molecular complexity index is 358. The van der Waals surface area contributed by atoms with E-state index in [0.717, 1.165) is 6.07 Å². The lowest BCUT2D eigenvalue weighted by molar-refractivity contribution is -0.138. The van der Waals surface area contributed by atoms with Gasteiger partial charge in [0.25, 0.3) is 0 Å². The van der Waals surface area contributed by atoms with Crippen molar-refractivity contribution in [2.75, 3.05) is 0 Å². The molecule has 76 valence electrons. The molecule has 0 heterocycles. The Hall–Kier alpha value is -0.690. The Balaban J connectivity index is 3.19. The molecule has 0 aliphatic rings. The zero-order valence-electron chi connectivity index (χ0n) is 7.42. The number of nitrogens with two attached hydrogens (primary N) is 1. The monoisotopic (exact) mass is 309 g/mol. The number of halogens is 2. The Morgan fingerprint density at radius 1 is 1.64 bits per heavy atom. The SMILES string of the molecule is Cc1c(F)cc([C@@H](N)C(=O)O)cc1I. The fourth-order valence-electron chi connectivity index (χ4n) is 0.987. The summed E-state index contributed by atoms with van der Waals surface area (Å²) in [6, 6.07) is 1.58. The smallest absolute Gasteiger partial charge is 0.325 e. The number of hydrogen-bond donors (Lipinski definition) is 2. The summed E-state index contributed by atoms with van der Waals surface area (Å²) >= 11 is 1.94. The van der Waals surface area contributed by atoms with Crippen LogP contribution in [0.15, 0.2) is 12.1 Å². The lowest BCUT2D eigenvalue weighted by atomic mass is 10.1. The van der Waals surface area contributed by atoms with E-state index in [2.05, 4.69) is 0 Å².